The summed E-state index contributed by atoms with van der Waals surface area (Å²) in [6, 6.07) is 13.7. The predicted molar refractivity (Wildman–Crippen MR) is 108 cm³/mol. The number of hydrogen-bond donors (Lipinski definition) is 1. The van der Waals surface area contributed by atoms with Crippen molar-refractivity contribution in [2.24, 2.45) is 7.05 Å². The molecule has 2 aromatic carbocycles. The summed E-state index contributed by atoms with van der Waals surface area (Å²) in [5.74, 6) is 0.508. The molecule has 1 atom stereocenters. The smallest absolute Gasteiger partial charge is 0.269 e. The minimum absolute atomic E-state index is 0.0248. The number of nitrogens with one attached hydrogen (secondary N) is 1. The summed E-state index contributed by atoms with van der Waals surface area (Å²) in [7, 11) is 1.86. The van der Waals surface area contributed by atoms with Crippen LogP contribution in [0.3, 0.4) is 0 Å². The molecule has 0 aliphatic heterocycles. The first-order chi connectivity index (χ1) is 13.3. The van der Waals surface area contributed by atoms with Gasteiger partial charge in [-0.2, -0.15) is 0 Å². The second-order valence-electron chi connectivity index (χ2n) is 6.29. The van der Waals surface area contributed by atoms with E-state index in [1.54, 1.807) is 6.92 Å². The molecule has 1 heterocycles. The molecule has 8 nitrogen and oxygen atoms in total. The topological polar surface area (TPSA) is 103 Å². The summed E-state index contributed by atoms with van der Waals surface area (Å²) in [4.78, 5) is 22.7. The summed E-state index contributed by atoms with van der Waals surface area (Å²) in [5.41, 5.74) is 2.57. The zero-order valence-corrected chi connectivity index (χ0v) is 16.4. The molecule has 1 aromatic heterocycles. The SMILES string of the molecule is Cc1cccc(-c2nnc(S[C@H](C)C(=O)Nc3ccc([N+](=O)[O-])cc3)n2C)c1. The molecule has 3 aromatic rings. The highest BCUT2D eigenvalue weighted by atomic mass is 32.2. The third-order valence-electron chi connectivity index (χ3n) is 4.11. The van der Waals surface area contributed by atoms with Gasteiger partial charge in [0, 0.05) is 30.4 Å². The Labute approximate surface area is 166 Å². The maximum absolute atomic E-state index is 12.4. The minimum atomic E-state index is -0.482. The molecule has 0 fully saturated rings. The fraction of sp³-hybridized carbons (Fsp3) is 0.211. The van der Waals surface area contributed by atoms with E-state index in [9.17, 15) is 14.9 Å². The Bertz CT molecular complexity index is 1020. The fourth-order valence-electron chi connectivity index (χ4n) is 2.58. The van der Waals surface area contributed by atoms with Crippen LogP contribution in [-0.2, 0) is 11.8 Å². The number of benzene rings is 2. The van der Waals surface area contributed by atoms with Crippen LogP contribution >= 0.6 is 11.8 Å². The van der Waals surface area contributed by atoms with Crippen molar-refractivity contribution in [3.63, 3.8) is 0 Å². The number of anilines is 1. The van der Waals surface area contributed by atoms with Gasteiger partial charge in [0.15, 0.2) is 11.0 Å². The maximum Gasteiger partial charge on any atom is 0.269 e. The summed E-state index contributed by atoms with van der Waals surface area (Å²) < 4.78 is 1.86. The van der Waals surface area contributed by atoms with Gasteiger partial charge in [-0.1, -0.05) is 35.5 Å². The van der Waals surface area contributed by atoms with Crippen LogP contribution in [0.15, 0.2) is 53.7 Å². The first kappa shape index (κ1) is 19.6. The highest BCUT2D eigenvalue weighted by Crippen LogP contribution is 2.27. The van der Waals surface area contributed by atoms with E-state index in [-0.39, 0.29) is 11.6 Å². The molecular formula is C19H19N5O3S. The third kappa shape index (κ3) is 4.37. The van der Waals surface area contributed by atoms with Gasteiger partial charge in [0.05, 0.1) is 10.2 Å². The Balaban J connectivity index is 1.68. The molecule has 0 bridgehead atoms. The summed E-state index contributed by atoms with van der Waals surface area (Å²) >= 11 is 1.29. The first-order valence-electron chi connectivity index (χ1n) is 8.53. The monoisotopic (exact) mass is 397 g/mol. The van der Waals surface area contributed by atoms with Crippen molar-refractivity contribution in [3.05, 3.63) is 64.2 Å². The van der Waals surface area contributed by atoms with Gasteiger partial charge in [0.2, 0.25) is 5.91 Å². The molecule has 0 aliphatic rings. The van der Waals surface area contributed by atoms with E-state index >= 15 is 0 Å². The number of aromatic nitrogens is 3. The molecule has 9 heteroatoms. The van der Waals surface area contributed by atoms with Crippen LogP contribution in [-0.4, -0.2) is 30.8 Å². The molecule has 28 heavy (non-hydrogen) atoms. The lowest BCUT2D eigenvalue weighted by Gasteiger charge is -2.11. The standard InChI is InChI=1S/C19H19N5O3S/c1-12-5-4-6-14(11-12)17-21-22-19(23(17)3)28-13(2)18(25)20-15-7-9-16(10-8-15)24(26)27/h4-11,13H,1-3H3,(H,20,25)/t13-/m1/s1. The third-order valence-corrected chi connectivity index (χ3v) is 5.24. The van der Waals surface area contributed by atoms with Crippen LogP contribution < -0.4 is 5.32 Å². The van der Waals surface area contributed by atoms with Gasteiger partial charge >= 0.3 is 0 Å². The number of nitrogens with zero attached hydrogens (tertiary/aromatic N) is 4. The molecule has 0 aliphatic carbocycles. The van der Waals surface area contributed by atoms with Gasteiger partial charge in [-0.3, -0.25) is 14.9 Å². The lowest BCUT2D eigenvalue weighted by Crippen LogP contribution is -2.22. The predicted octanol–water partition coefficient (Wildman–Crippen LogP) is 3.82. The Kier molecular flexibility index (Phi) is 5.74. The van der Waals surface area contributed by atoms with Crippen molar-refractivity contribution in [1.29, 1.82) is 0 Å². The highest BCUT2D eigenvalue weighted by Gasteiger charge is 2.20. The number of hydrogen-bond acceptors (Lipinski definition) is 6. The molecule has 0 unspecified atom stereocenters. The second-order valence-corrected chi connectivity index (χ2v) is 7.60. The number of aryl methyl sites for hydroxylation is 1. The van der Waals surface area contributed by atoms with Crippen LogP contribution in [0, 0.1) is 17.0 Å². The molecule has 144 valence electrons. The van der Waals surface area contributed by atoms with E-state index in [0.717, 1.165) is 17.0 Å². The summed E-state index contributed by atoms with van der Waals surface area (Å²) in [5, 5.41) is 22.1. The van der Waals surface area contributed by atoms with Gasteiger partial charge in [0.25, 0.3) is 5.69 Å². The minimum Gasteiger partial charge on any atom is -0.325 e. The van der Waals surface area contributed by atoms with Crippen molar-refractivity contribution in [1.82, 2.24) is 14.8 Å². The van der Waals surface area contributed by atoms with Crippen LogP contribution in [0.1, 0.15) is 12.5 Å². The van der Waals surface area contributed by atoms with Crippen LogP contribution in [0.4, 0.5) is 11.4 Å². The lowest BCUT2D eigenvalue weighted by atomic mass is 10.1. The maximum atomic E-state index is 12.4. The molecule has 3 rings (SSSR count). The Morgan fingerprint density at radius 1 is 1.21 bits per heavy atom. The van der Waals surface area contributed by atoms with Gasteiger partial charge in [-0.15, -0.1) is 10.2 Å². The highest BCUT2D eigenvalue weighted by molar-refractivity contribution is 8.00. The Morgan fingerprint density at radius 3 is 2.57 bits per heavy atom. The number of non-ortho nitro benzene ring substituents is 1. The van der Waals surface area contributed by atoms with Gasteiger partial charge in [-0.25, -0.2) is 0 Å². The van der Waals surface area contributed by atoms with Crippen LogP contribution in [0.2, 0.25) is 0 Å². The van der Waals surface area contributed by atoms with E-state index in [0.29, 0.717) is 10.8 Å². The average molecular weight is 397 g/mol. The Hall–Kier alpha value is -3.20. The van der Waals surface area contributed by atoms with E-state index in [1.807, 2.05) is 42.8 Å². The van der Waals surface area contributed by atoms with Gasteiger partial charge in [0.1, 0.15) is 0 Å². The van der Waals surface area contributed by atoms with Crippen molar-refractivity contribution >= 4 is 29.0 Å². The zero-order chi connectivity index (χ0) is 20.3. The van der Waals surface area contributed by atoms with E-state index in [4.69, 9.17) is 0 Å². The molecule has 0 spiro atoms. The van der Waals surface area contributed by atoms with E-state index in [1.165, 1.54) is 36.0 Å². The van der Waals surface area contributed by atoms with Crippen molar-refractivity contribution in [2.45, 2.75) is 24.3 Å². The number of amides is 1. The molecule has 0 radical (unpaired) electrons. The number of carbonyl (C=O) groups excluding carboxylic acids is 1. The number of nitro benzene ring substituents is 1. The molecule has 0 saturated carbocycles. The Morgan fingerprint density at radius 2 is 1.93 bits per heavy atom. The van der Waals surface area contributed by atoms with Crippen molar-refractivity contribution in [2.75, 3.05) is 5.32 Å². The average Bonchev–Trinajstić information content (AvgIpc) is 3.02. The van der Waals surface area contributed by atoms with Crippen LogP contribution in [0.5, 0.6) is 0 Å². The number of thioether (sulfide) groups is 1. The zero-order valence-electron chi connectivity index (χ0n) is 15.6. The molecule has 1 N–H and O–H groups in total. The van der Waals surface area contributed by atoms with Crippen LogP contribution in [0.25, 0.3) is 11.4 Å². The molecular weight excluding hydrogens is 378 g/mol. The van der Waals surface area contributed by atoms with Crippen molar-refractivity contribution < 1.29 is 9.72 Å². The first-order valence-corrected chi connectivity index (χ1v) is 9.41. The lowest BCUT2D eigenvalue weighted by molar-refractivity contribution is -0.384. The van der Waals surface area contributed by atoms with E-state index < -0.39 is 10.2 Å². The number of nitro groups is 1. The quantitative estimate of drug-likeness (QED) is 0.385. The number of carbonyl (C=O) groups is 1. The van der Waals surface area contributed by atoms with Crippen molar-refractivity contribution in [3.8, 4) is 11.4 Å². The largest absolute Gasteiger partial charge is 0.325 e. The molecule has 1 amide bonds. The van der Waals surface area contributed by atoms with Gasteiger partial charge < -0.3 is 9.88 Å². The number of rotatable bonds is 6. The summed E-state index contributed by atoms with van der Waals surface area (Å²) in [6.07, 6.45) is 0. The second kappa shape index (κ2) is 8.22. The van der Waals surface area contributed by atoms with Gasteiger partial charge in [-0.05, 0) is 32.0 Å². The normalized spacial score (nSPS) is 11.8. The molecule has 0 saturated heterocycles. The fourth-order valence-corrected chi connectivity index (χ4v) is 3.39. The van der Waals surface area contributed by atoms with E-state index in [2.05, 4.69) is 15.5 Å². The summed E-state index contributed by atoms with van der Waals surface area (Å²) in [6.45, 7) is 3.78.